The number of nitrogens with zero attached hydrogens (tertiary/aromatic N) is 9. The molecule has 0 bridgehead atoms. The zero-order chi connectivity index (χ0) is 43.6. The van der Waals surface area contributed by atoms with E-state index in [1.54, 1.807) is 63.1 Å². The minimum atomic E-state index is -0.815. The minimum absolute atomic E-state index is 0.0341. The molecule has 7 heterocycles. The van der Waals surface area contributed by atoms with Gasteiger partial charge in [-0.05, 0) is 124 Å². The lowest BCUT2D eigenvalue weighted by atomic mass is 9.91. The van der Waals surface area contributed by atoms with E-state index >= 15 is 9.18 Å². The van der Waals surface area contributed by atoms with Gasteiger partial charge in [0, 0.05) is 67.5 Å². The van der Waals surface area contributed by atoms with Crippen molar-refractivity contribution in [3.8, 4) is 17.2 Å². The first-order valence-corrected chi connectivity index (χ1v) is 21.6. The molecule has 1 N–H and O–H groups in total. The van der Waals surface area contributed by atoms with Gasteiger partial charge in [0.2, 0.25) is 0 Å². The Kier molecular flexibility index (Phi) is 8.75. The summed E-state index contributed by atoms with van der Waals surface area (Å²) >= 11 is 0. The molecule has 15 nitrogen and oxygen atoms in total. The Hall–Kier alpha value is -6.81. The molecule has 16 heteroatoms. The summed E-state index contributed by atoms with van der Waals surface area (Å²) in [4.78, 5) is 47.4. The SMILES string of the molecule is Cc1cc(-n2nc3c(c2-n2ccn(-c4ccc5c(cnn5C)c4C)c2=O)[C@H](C)N(C(=O)c2cc4cc(C5CCOCC5)ccc4n2[C@@]2(c4noc(=O)[nH]4)C[C@@H]2C)CC3)cc(C)c1F. The summed E-state index contributed by atoms with van der Waals surface area (Å²) in [5.41, 5.74) is 6.88. The summed E-state index contributed by atoms with van der Waals surface area (Å²) in [5, 5.41) is 15.6. The summed E-state index contributed by atoms with van der Waals surface area (Å²) in [6, 6.07) is 15.2. The largest absolute Gasteiger partial charge is 0.438 e. The molecular weight excluding hydrogens is 804 g/mol. The zero-order valence-corrected chi connectivity index (χ0v) is 36.0. The number of hydrogen-bond donors (Lipinski definition) is 1. The Morgan fingerprint density at radius 2 is 1.68 bits per heavy atom. The van der Waals surface area contributed by atoms with E-state index in [4.69, 9.17) is 14.4 Å². The lowest BCUT2D eigenvalue weighted by Crippen LogP contribution is -2.41. The van der Waals surface area contributed by atoms with Gasteiger partial charge >= 0.3 is 11.4 Å². The molecule has 3 aromatic carbocycles. The Balaban J connectivity index is 1.06. The maximum absolute atomic E-state index is 15.5. The molecule has 2 fully saturated rings. The third-order valence-electron chi connectivity index (χ3n) is 14.1. The molecule has 2 aliphatic heterocycles. The van der Waals surface area contributed by atoms with E-state index in [-0.39, 0.29) is 23.3 Å². The molecule has 322 valence electrons. The average Bonchev–Trinajstić information content (AvgIpc) is 3.91. The van der Waals surface area contributed by atoms with Gasteiger partial charge in [-0.25, -0.2) is 18.7 Å². The first-order chi connectivity index (χ1) is 30.3. The van der Waals surface area contributed by atoms with Crippen molar-refractivity contribution in [3.63, 3.8) is 0 Å². The molecule has 1 saturated carbocycles. The van der Waals surface area contributed by atoms with Crippen LogP contribution >= 0.6 is 0 Å². The van der Waals surface area contributed by atoms with Crippen LogP contribution < -0.4 is 11.4 Å². The molecule has 3 aliphatic rings. The second kappa shape index (κ2) is 14.1. The zero-order valence-electron chi connectivity index (χ0n) is 36.0. The number of aromatic amines is 1. The number of imidazole rings is 1. The molecule has 0 radical (unpaired) electrons. The van der Waals surface area contributed by atoms with Gasteiger partial charge in [0.25, 0.3) is 5.91 Å². The van der Waals surface area contributed by atoms with Crippen molar-refractivity contribution in [2.75, 3.05) is 19.8 Å². The summed E-state index contributed by atoms with van der Waals surface area (Å²) < 4.78 is 34.6. The van der Waals surface area contributed by atoms with Crippen LogP contribution in [0, 0.1) is 32.5 Å². The van der Waals surface area contributed by atoms with Crippen molar-refractivity contribution >= 4 is 27.7 Å². The normalized spacial score (nSPS) is 20.3. The number of amides is 1. The van der Waals surface area contributed by atoms with Crippen LogP contribution in [0.1, 0.15) is 94.9 Å². The number of aryl methyl sites for hydroxylation is 4. The number of halogens is 1. The van der Waals surface area contributed by atoms with E-state index in [0.29, 0.717) is 83.9 Å². The summed E-state index contributed by atoms with van der Waals surface area (Å²) in [6.45, 7) is 11.2. The monoisotopic (exact) mass is 850 g/mol. The van der Waals surface area contributed by atoms with Crippen LogP contribution in [0.5, 0.6) is 0 Å². The van der Waals surface area contributed by atoms with Crippen LogP contribution in [-0.2, 0) is 23.7 Å². The number of carbonyl (C=O) groups excluding carboxylic acids is 1. The number of fused-ring (bicyclic) bond motifs is 3. The van der Waals surface area contributed by atoms with E-state index in [0.717, 1.165) is 45.9 Å². The first-order valence-electron chi connectivity index (χ1n) is 21.6. The molecular formula is C47H47FN10O5. The van der Waals surface area contributed by atoms with Crippen LogP contribution in [0.2, 0.25) is 0 Å². The highest BCUT2D eigenvalue weighted by atomic mass is 19.1. The average molecular weight is 851 g/mol. The van der Waals surface area contributed by atoms with Crippen molar-refractivity contribution in [2.24, 2.45) is 13.0 Å². The second-order valence-corrected chi connectivity index (χ2v) is 17.7. The standard InChI is InChI=1S/C47H47FN10O5/c1-25-19-33(20-26(2)41(25)48)58-42(56-16-15-55(46(56)61)36-9-10-38-34(28(36)4)24-49-53(38)6)40-29(5)54(14-11-35(40)51-58)43(59)39-22-32-21-31(30-12-17-62-18-13-30)7-8-37(32)57(39)47(23-27(47)3)44-50-45(60)63-52-44/h7-10,15-16,19-22,24,27,29-30H,11-14,17-18,23H2,1-6H3,(H,50,52,60)/t27-,29-,47-/m0/s1. The van der Waals surface area contributed by atoms with Crippen molar-refractivity contribution in [3.05, 3.63) is 139 Å². The Labute approximate surface area is 360 Å². The highest BCUT2D eigenvalue weighted by Crippen LogP contribution is 2.56. The van der Waals surface area contributed by atoms with E-state index in [2.05, 4.69) is 44.9 Å². The maximum atomic E-state index is 15.5. The number of ether oxygens (including phenoxy) is 1. The molecule has 1 amide bonds. The number of benzene rings is 3. The molecule has 11 rings (SSSR count). The van der Waals surface area contributed by atoms with Crippen molar-refractivity contribution in [1.29, 1.82) is 0 Å². The number of aromatic nitrogens is 9. The first kappa shape index (κ1) is 39.1. The molecule has 1 saturated heterocycles. The van der Waals surface area contributed by atoms with Gasteiger partial charge in [0.1, 0.15) is 22.9 Å². The molecule has 1 aliphatic carbocycles. The van der Waals surface area contributed by atoms with Crippen LogP contribution in [0.25, 0.3) is 39.0 Å². The van der Waals surface area contributed by atoms with Crippen molar-refractivity contribution < 1.29 is 18.4 Å². The Morgan fingerprint density at radius 3 is 2.40 bits per heavy atom. The quantitative estimate of drug-likeness (QED) is 0.183. The maximum Gasteiger partial charge on any atom is 0.438 e. The highest BCUT2D eigenvalue weighted by molar-refractivity contribution is 6.00. The molecule has 0 unspecified atom stereocenters. The number of rotatable bonds is 7. The van der Waals surface area contributed by atoms with Gasteiger partial charge in [-0.1, -0.05) is 18.1 Å². The third-order valence-corrected chi connectivity index (χ3v) is 14.1. The van der Waals surface area contributed by atoms with Gasteiger partial charge < -0.3 is 14.2 Å². The van der Waals surface area contributed by atoms with E-state index in [1.807, 2.05) is 44.0 Å². The number of carbonyl (C=O) groups is 1. The van der Waals surface area contributed by atoms with E-state index in [9.17, 15) is 9.59 Å². The van der Waals surface area contributed by atoms with Gasteiger partial charge in [0.05, 0.1) is 34.8 Å². The molecule has 8 aromatic rings. The fourth-order valence-corrected chi connectivity index (χ4v) is 10.6. The van der Waals surface area contributed by atoms with E-state index < -0.39 is 17.3 Å². The Bertz CT molecular complexity index is 3280. The molecule has 3 atom stereocenters. The lowest BCUT2D eigenvalue weighted by molar-refractivity contribution is 0.0663. The predicted molar refractivity (Wildman–Crippen MR) is 233 cm³/mol. The fraction of sp³-hybridized carbons (Fsp3) is 0.362. The Morgan fingerprint density at radius 1 is 0.952 bits per heavy atom. The number of H-pyrrole nitrogens is 1. The molecule has 0 spiro atoms. The summed E-state index contributed by atoms with van der Waals surface area (Å²) in [5.74, 6) is 0.0589. The van der Waals surface area contributed by atoms with Crippen LogP contribution in [0.4, 0.5) is 4.39 Å². The second-order valence-electron chi connectivity index (χ2n) is 17.7. The molecule has 5 aromatic heterocycles. The summed E-state index contributed by atoms with van der Waals surface area (Å²) in [7, 11) is 1.88. The topological polar surface area (TPSA) is 156 Å². The molecule has 63 heavy (non-hydrogen) atoms. The van der Waals surface area contributed by atoms with Crippen molar-refractivity contribution in [1.82, 2.24) is 48.3 Å². The van der Waals surface area contributed by atoms with E-state index in [1.165, 1.54) is 5.56 Å². The fourth-order valence-electron chi connectivity index (χ4n) is 10.6. The van der Waals surface area contributed by atoms with Gasteiger partial charge in [-0.2, -0.15) is 10.2 Å². The number of hydrogen-bond acceptors (Lipinski definition) is 8. The van der Waals surface area contributed by atoms with Crippen LogP contribution in [0.15, 0.2) is 81.2 Å². The predicted octanol–water partition coefficient (Wildman–Crippen LogP) is 6.83. The lowest BCUT2D eigenvalue weighted by Gasteiger charge is -2.34. The van der Waals surface area contributed by atoms with Crippen LogP contribution in [-0.4, -0.2) is 74.0 Å². The van der Waals surface area contributed by atoms with Crippen LogP contribution in [0.3, 0.4) is 0 Å². The summed E-state index contributed by atoms with van der Waals surface area (Å²) in [6.07, 6.45) is 8.16. The third kappa shape index (κ3) is 5.79. The van der Waals surface area contributed by atoms with Gasteiger partial charge in [-0.3, -0.25) is 28.1 Å². The number of nitrogens with one attached hydrogen (secondary N) is 1. The van der Waals surface area contributed by atoms with Gasteiger partial charge in [-0.15, -0.1) is 0 Å². The minimum Gasteiger partial charge on any atom is -0.381 e. The smallest absolute Gasteiger partial charge is 0.381 e. The van der Waals surface area contributed by atoms with Crippen molar-refractivity contribution in [2.45, 2.75) is 77.8 Å². The highest BCUT2D eigenvalue weighted by Gasteiger charge is 2.59. The van der Waals surface area contributed by atoms with Gasteiger partial charge in [0.15, 0.2) is 5.82 Å².